The number of benzene rings is 1. The number of aliphatic hydroxyl groups excluding tert-OH is 1. The van der Waals surface area contributed by atoms with E-state index in [9.17, 15) is 9.59 Å². The van der Waals surface area contributed by atoms with Crippen molar-refractivity contribution in [2.45, 2.75) is 19.4 Å². The van der Waals surface area contributed by atoms with Crippen LogP contribution in [0.5, 0.6) is 0 Å². The topological polar surface area (TPSA) is 79.3 Å². The van der Waals surface area contributed by atoms with Gasteiger partial charge in [0.2, 0.25) is 5.91 Å². The molecule has 0 saturated heterocycles. The molecule has 0 atom stereocenters. The van der Waals surface area contributed by atoms with Crippen molar-refractivity contribution >= 4 is 17.5 Å². The minimum Gasteiger partial charge on any atom is -0.392 e. The number of rotatable bonds is 6. The molecule has 21 heavy (non-hydrogen) atoms. The number of nitrogens with one attached hydrogen (secondary N) is 1. The second-order valence-electron chi connectivity index (χ2n) is 4.55. The fourth-order valence-corrected chi connectivity index (χ4v) is 1.79. The zero-order chi connectivity index (χ0) is 15.1. The highest BCUT2D eigenvalue weighted by atomic mass is 16.3. The van der Waals surface area contributed by atoms with Crippen molar-refractivity contribution in [3.05, 3.63) is 59.8 Å². The quantitative estimate of drug-likeness (QED) is 0.797. The van der Waals surface area contributed by atoms with Crippen molar-refractivity contribution < 1.29 is 14.7 Å². The first-order chi connectivity index (χ1) is 10.2. The minimum absolute atomic E-state index is 0.0608. The monoisotopic (exact) mass is 284 g/mol. The number of anilines is 1. The van der Waals surface area contributed by atoms with E-state index in [0.29, 0.717) is 16.9 Å². The lowest BCUT2D eigenvalue weighted by molar-refractivity contribution is -0.116. The molecule has 5 nitrogen and oxygen atoms in total. The highest BCUT2D eigenvalue weighted by Gasteiger charge is 2.09. The molecule has 2 N–H and O–H groups in total. The Morgan fingerprint density at radius 1 is 1.05 bits per heavy atom. The van der Waals surface area contributed by atoms with Crippen molar-refractivity contribution in [1.82, 2.24) is 4.98 Å². The first-order valence-electron chi connectivity index (χ1n) is 6.63. The molecular weight excluding hydrogens is 268 g/mol. The molecule has 2 aromatic rings. The van der Waals surface area contributed by atoms with Gasteiger partial charge >= 0.3 is 0 Å². The van der Waals surface area contributed by atoms with E-state index in [2.05, 4.69) is 10.3 Å². The molecule has 1 heterocycles. The first-order valence-corrected chi connectivity index (χ1v) is 6.63. The van der Waals surface area contributed by atoms with Crippen molar-refractivity contribution in [2.24, 2.45) is 0 Å². The second kappa shape index (κ2) is 7.31. The molecule has 5 heteroatoms. The average molecular weight is 284 g/mol. The van der Waals surface area contributed by atoms with Crippen LogP contribution in [0.1, 0.15) is 28.8 Å². The van der Waals surface area contributed by atoms with Gasteiger partial charge in [-0.15, -0.1) is 0 Å². The predicted octanol–water partition coefficient (Wildman–Crippen LogP) is 2.18. The summed E-state index contributed by atoms with van der Waals surface area (Å²) < 4.78 is 0. The molecule has 0 aliphatic rings. The van der Waals surface area contributed by atoms with Gasteiger partial charge in [0.15, 0.2) is 5.78 Å². The number of aromatic nitrogens is 1. The Bertz CT molecular complexity index is 609. The number of ketones is 1. The maximum atomic E-state index is 11.9. The molecule has 0 radical (unpaired) electrons. The number of aliphatic hydroxyl groups is 1. The van der Waals surface area contributed by atoms with Gasteiger partial charge in [0, 0.05) is 24.6 Å². The highest BCUT2D eigenvalue weighted by molar-refractivity contribution is 5.99. The largest absolute Gasteiger partial charge is 0.392 e. The Hall–Kier alpha value is -2.53. The van der Waals surface area contributed by atoms with E-state index in [4.69, 9.17) is 5.11 Å². The Kier molecular flexibility index (Phi) is 5.17. The fourth-order valence-electron chi connectivity index (χ4n) is 1.79. The van der Waals surface area contributed by atoms with Crippen LogP contribution in [0.2, 0.25) is 0 Å². The molecule has 0 bridgehead atoms. The van der Waals surface area contributed by atoms with E-state index in [1.807, 2.05) is 6.07 Å². The molecule has 0 saturated carbocycles. The lowest BCUT2D eigenvalue weighted by Gasteiger charge is -2.05. The summed E-state index contributed by atoms with van der Waals surface area (Å²) in [6, 6.07) is 12.2. The zero-order valence-corrected chi connectivity index (χ0v) is 11.5. The van der Waals surface area contributed by atoms with Crippen LogP contribution in [-0.2, 0) is 11.4 Å². The fraction of sp³-hybridized carbons (Fsp3) is 0.188. The number of carbonyl (C=O) groups excluding carboxylic acids is 2. The molecule has 0 spiro atoms. The molecule has 1 aromatic heterocycles. The maximum Gasteiger partial charge on any atom is 0.225 e. The van der Waals surface area contributed by atoms with Crippen LogP contribution in [0.25, 0.3) is 0 Å². The van der Waals surface area contributed by atoms with Gasteiger partial charge in [0.1, 0.15) is 5.82 Å². The van der Waals surface area contributed by atoms with Crippen molar-refractivity contribution in [3.8, 4) is 0 Å². The first kappa shape index (κ1) is 14.9. The van der Waals surface area contributed by atoms with Gasteiger partial charge in [-0.05, 0) is 11.6 Å². The molecule has 0 unspecified atom stereocenters. The summed E-state index contributed by atoms with van der Waals surface area (Å²) in [7, 11) is 0. The van der Waals surface area contributed by atoms with Gasteiger partial charge in [0.05, 0.1) is 6.61 Å². The maximum absolute atomic E-state index is 11.9. The van der Waals surface area contributed by atoms with Gasteiger partial charge in [-0.2, -0.15) is 0 Å². The molecular formula is C16H16N2O3. The summed E-state index contributed by atoms with van der Waals surface area (Å²) in [5.41, 5.74) is 1.28. The van der Waals surface area contributed by atoms with E-state index in [1.54, 1.807) is 36.4 Å². The van der Waals surface area contributed by atoms with Crippen LogP contribution in [0.4, 0.5) is 5.82 Å². The SMILES string of the molecule is O=C(CCC(=O)c1ccccc1)Nc1ccc(CO)cn1. The third-order valence-electron chi connectivity index (χ3n) is 2.95. The summed E-state index contributed by atoms with van der Waals surface area (Å²) in [6.45, 7) is -0.0905. The number of nitrogens with zero attached hydrogens (tertiary/aromatic N) is 1. The molecule has 0 aliphatic heterocycles. The Balaban J connectivity index is 1.83. The molecule has 0 fully saturated rings. The number of pyridine rings is 1. The lowest BCUT2D eigenvalue weighted by atomic mass is 10.1. The summed E-state index contributed by atoms with van der Waals surface area (Å²) in [4.78, 5) is 27.6. The highest BCUT2D eigenvalue weighted by Crippen LogP contribution is 2.08. The van der Waals surface area contributed by atoms with E-state index in [0.717, 1.165) is 0 Å². The molecule has 1 amide bonds. The van der Waals surface area contributed by atoms with Gasteiger partial charge < -0.3 is 10.4 Å². The number of hydrogen-bond donors (Lipinski definition) is 2. The summed E-state index contributed by atoms with van der Waals surface area (Å²) in [5, 5.41) is 11.5. The van der Waals surface area contributed by atoms with Crippen LogP contribution in [0.15, 0.2) is 48.7 Å². The van der Waals surface area contributed by atoms with E-state index < -0.39 is 0 Å². The van der Waals surface area contributed by atoms with E-state index in [1.165, 1.54) is 6.20 Å². The Morgan fingerprint density at radius 3 is 2.43 bits per heavy atom. The van der Waals surface area contributed by atoms with Crippen molar-refractivity contribution in [3.63, 3.8) is 0 Å². The van der Waals surface area contributed by atoms with Crippen molar-refractivity contribution in [1.29, 1.82) is 0 Å². The standard InChI is InChI=1S/C16H16N2O3/c19-11-12-6-8-15(17-10-12)18-16(21)9-7-14(20)13-4-2-1-3-5-13/h1-6,8,10,19H,7,9,11H2,(H,17,18,21). The molecule has 108 valence electrons. The van der Waals surface area contributed by atoms with E-state index in [-0.39, 0.29) is 31.1 Å². The van der Waals surface area contributed by atoms with E-state index >= 15 is 0 Å². The van der Waals surface area contributed by atoms with Gasteiger partial charge in [-0.3, -0.25) is 9.59 Å². The van der Waals surface area contributed by atoms with Gasteiger partial charge in [0.25, 0.3) is 0 Å². The third kappa shape index (κ3) is 4.50. The number of Topliss-reactive ketones (excluding diaryl/α,β-unsaturated/α-hetero) is 1. The summed E-state index contributed by atoms with van der Waals surface area (Å²) in [5.74, 6) is 0.0854. The van der Waals surface area contributed by atoms with Crippen LogP contribution in [0, 0.1) is 0 Å². The zero-order valence-electron chi connectivity index (χ0n) is 11.5. The lowest BCUT2D eigenvalue weighted by Crippen LogP contribution is -2.14. The third-order valence-corrected chi connectivity index (χ3v) is 2.95. The average Bonchev–Trinajstić information content (AvgIpc) is 2.54. The molecule has 0 aliphatic carbocycles. The Labute approximate surface area is 122 Å². The minimum atomic E-state index is -0.261. The Morgan fingerprint density at radius 2 is 1.81 bits per heavy atom. The van der Waals surface area contributed by atoms with Crippen LogP contribution in [-0.4, -0.2) is 21.8 Å². The normalized spacial score (nSPS) is 10.1. The second-order valence-corrected chi connectivity index (χ2v) is 4.55. The van der Waals surface area contributed by atoms with Crippen LogP contribution < -0.4 is 5.32 Å². The molecule has 1 aromatic carbocycles. The van der Waals surface area contributed by atoms with Gasteiger partial charge in [-0.1, -0.05) is 36.4 Å². The summed E-state index contributed by atoms with van der Waals surface area (Å²) in [6.07, 6.45) is 1.76. The smallest absolute Gasteiger partial charge is 0.225 e. The van der Waals surface area contributed by atoms with Crippen LogP contribution in [0.3, 0.4) is 0 Å². The molecule has 2 rings (SSSR count). The number of hydrogen-bond acceptors (Lipinski definition) is 4. The van der Waals surface area contributed by atoms with Gasteiger partial charge in [-0.25, -0.2) is 4.98 Å². The van der Waals surface area contributed by atoms with Crippen LogP contribution >= 0.6 is 0 Å². The summed E-state index contributed by atoms with van der Waals surface area (Å²) >= 11 is 0. The predicted molar refractivity (Wildman–Crippen MR) is 78.8 cm³/mol. The number of carbonyl (C=O) groups is 2. The van der Waals surface area contributed by atoms with Crippen molar-refractivity contribution in [2.75, 3.05) is 5.32 Å². The number of amides is 1.